The third-order valence-corrected chi connectivity index (χ3v) is 4.93. The van der Waals surface area contributed by atoms with E-state index in [1.54, 1.807) is 6.92 Å². The number of aliphatic imine (C=N–C) groups is 1. The van der Waals surface area contributed by atoms with Crippen LogP contribution in [0.5, 0.6) is 0 Å². The summed E-state index contributed by atoms with van der Waals surface area (Å²) >= 11 is 0. The molecule has 0 aromatic carbocycles. The van der Waals surface area contributed by atoms with Gasteiger partial charge in [-0.3, -0.25) is 4.99 Å². The Morgan fingerprint density at radius 1 is 1.43 bits per heavy atom. The van der Waals surface area contributed by atoms with Gasteiger partial charge in [-0.25, -0.2) is 8.42 Å². The fourth-order valence-electron chi connectivity index (χ4n) is 1.88. The molecule has 0 bridgehead atoms. The molecular formula is C14H26N4O2S. The van der Waals surface area contributed by atoms with Gasteiger partial charge in [0.15, 0.2) is 15.8 Å². The first kappa shape index (κ1) is 17.6. The smallest absolute Gasteiger partial charge is 0.194 e. The number of aromatic nitrogens is 1. The molecule has 0 atom stereocenters. The van der Waals surface area contributed by atoms with Crippen LogP contribution in [0.4, 0.5) is 0 Å². The zero-order valence-electron chi connectivity index (χ0n) is 13.3. The highest BCUT2D eigenvalue weighted by molar-refractivity contribution is 7.91. The number of hydrogen-bond acceptors (Lipinski definition) is 3. The van der Waals surface area contributed by atoms with Crippen molar-refractivity contribution >= 4 is 15.8 Å². The lowest BCUT2D eigenvalue weighted by molar-refractivity contribution is 0.462. The Morgan fingerprint density at radius 2 is 2.14 bits per heavy atom. The van der Waals surface area contributed by atoms with E-state index in [4.69, 9.17) is 0 Å². The van der Waals surface area contributed by atoms with Crippen LogP contribution in [0.25, 0.3) is 0 Å². The molecule has 0 unspecified atom stereocenters. The molecule has 21 heavy (non-hydrogen) atoms. The van der Waals surface area contributed by atoms with E-state index in [0.29, 0.717) is 0 Å². The van der Waals surface area contributed by atoms with E-state index in [-0.39, 0.29) is 18.1 Å². The summed E-state index contributed by atoms with van der Waals surface area (Å²) < 4.78 is 25.1. The van der Waals surface area contributed by atoms with Crippen molar-refractivity contribution in [2.45, 2.75) is 20.4 Å². The molecule has 1 heterocycles. The van der Waals surface area contributed by atoms with Gasteiger partial charge >= 0.3 is 0 Å². The number of nitrogens with one attached hydrogen (secondary N) is 1. The van der Waals surface area contributed by atoms with E-state index >= 15 is 0 Å². The molecule has 1 aromatic heterocycles. The summed E-state index contributed by atoms with van der Waals surface area (Å²) in [7, 11) is 0.978. The Morgan fingerprint density at radius 3 is 2.67 bits per heavy atom. The van der Waals surface area contributed by atoms with Gasteiger partial charge in [-0.2, -0.15) is 0 Å². The van der Waals surface area contributed by atoms with Crippen molar-refractivity contribution in [2.24, 2.45) is 12.0 Å². The molecule has 0 amide bonds. The van der Waals surface area contributed by atoms with Crippen molar-refractivity contribution < 1.29 is 8.42 Å². The second-order valence-electron chi connectivity index (χ2n) is 4.94. The molecule has 0 saturated carbocycles. The molecule has 0 fully saturated rings. The second-order valence-corrected chi connectivity index (χ2v) is 7.41. The van der Waals surface area contributed by atoms with Crippen molar-refractivity contribution in [1.82, 2.24) is 14.8 Å². The maximum absolute atomic E-state index is 11.5. The molecule has 120 valence electrons. The Labute approximate surface area is 127 Å². The fraction of sp³-hybridized carbons (Fsp3) is 0.643. The maximum Gasteiger partial charge on any atom is 0.194 e. The van der Waals surface area contributed by atoms with Gasteiger partial charge in [-0.1, -0.05) is 6.92 Å². The number of guanidine groups is 1. The summed E-state index contributed by atoms with van der Waals surface area (Å²) in [4.78, 5) is 6.40. The third kappa shape index (κ3) is 5.79. The van der Waals surface area contributed by atoms with Gasteiger partial charge in [0.2, 0.25) is 0 Å². The normalized spacial score (nSPS) is 12.5. The van der Waals surface area contributed by atoms with E-state index in [1.807, 2.05) is 38.2 Å². The van der Waals surface area contributed by atoms with Gasteiger partial charge in [0.1, 0.15) is 0 Å². The highest BCUT2D eigenvalue weighted by atomic mass is 32.2. The van der Waals surface area contributed by atoms with E-state index < -0.39 is 9.84 Å². The standard InChI is InChI=1S/C14H26N4O2S/c1-5-15-14(16-9-11-21(19,20)6-2)18(4)12-13-8-7-10-17(13)3/h7-8,10H,5-6,9,11-12H2,1-4H3,(H,15,16). The molecule has 0 radical (unpaired) electrons. The Balaban J connectivity index is 2.69. The van der Waals surface area contributed by atoms with E-state index in [9.17, 15) is 8.42 Å². The fourth-order valence-corrected chi connectivity index (χ4v) is 2.54. The van der Waals surface area contributed by atoms with Crippen LogP contribution >= 0.6 is 0 Å². The SMILES string of the molecule is CCNC(=NCCS(=O)(=O)CC)N(C)Cc1cccn1C. The summed E-state index contributed by atoms with van der Waals surface area (Å²) in [5, 5.41) is 3.19. The summed E-state index contributed by atoms with van der Waals surface area (Å²) in [6.07, 6.45) is 2.00. The van der Waals surface area contributed by atoms with Gasteiger partial charge in [0.05, 0.1) is 18.8 Å². The summed E-state index contributed by atoms with van der Waals surface area (Å²) in [5.74, 6) is 0.985. The summed E-state index contributed by atoms with van der Waals surface area (Å²) in [6, 6.07) is 4.06. The van der Waals surface area contributed by atoms with Crippen molar-refractivity contribution in [3.63, 3.8) is 0 Å². The van der Waals surface area contributed by atoms with Crippen LogP contribution in [0, 0.1) is 0 Å². The Bertz CT molecular complexity index is 563. The van der Waals surface area contributed by atoms with Gasteiger partial charge < -0.3 is 14.8 Å². The van der Waals surface area contributed by atoms with Crippen LogP contribution in [-0.2, 0) is 23.4 Å². The van der Waals surface area contributed by atoms with Crippen LogP contribution in [0.2, 0.25) is 0 Å². The number of sulfone groups is 1. The highest BCUT2D eigenvalue weighted by Crippen LogP contribution is 2.03. The molecule has 0 aliphatic carbocycles. The van der Waals surface area contributed by atoms with E-state index in [0.717, 1.165) is 19.0 Å². The molecule has 7 heteroatoms. The van der Waals surface area contributed by atoms with Gasteiger partial charge in [0, 0.05) is 38.3 Å². The number of rotatable bonds is 7. The molecule has 0 aliphatic rings. The lowest BCUT2D eigenvalue weighted by Gasteiger charge is -2.22. The first-order valence-corrected chi connectivity index (χ1v) is 9.01. The minimum atomic E-state index is -2.97. The van der Waals surface area contributed by atoms with E-state index in [1.165, 1.54) is 5.69 Å². The first-order chi connectivity index (χ1) is 9.89. The Hall–Kier alpha value is -1.50. The van der Waals surface area contributed by atoms with Crippen LogP contribution in [0.3, 0.4) is 0 Å². The minimum Gasteiger partial charge on any atom is -0.357 e. The average Bonchev–Trinajstić information content (AvgIpc) is 2.83. The molecule has 0 aliphatic heterocycles. The van der Waals surface area contributed by atoms with E-state index in [2.05, 4.69) is 20.9 Å². The third-order valence-electron chi connectivity index (χ3n) is 3.25. The lowest BCUT2D eigenvalue weighted by atomic mass is 10.4. The number of nitrogens with zero attached hydrogens (tertiary/aromatic N) is 3. The zero-order chi connectivity index (χ0) is 15.9. The number of aryl methyl sites for hydroxylation is 1. The van der Waals surface area contributed by atoms with Gasteiger partial charge in [-0.15, -0.1) is 0 Å². The first-order valence-electron chi connectivity index (χ1n) is 7.19. The summed E-state index contributed by atoms with van der Waals surface area (Å²) in [5.41, 5.74) is 1.17. The predicted molar refractivity (Wildman–Crippen MR) is 87.2 cm³/mol. The topological polar surface area (TPSA) is 66.7 Å². The largest absolute Gasteiger partial charge is 0.357 e. The molecule has 0 spiro atoms. The molecule has 1 rings (SSSR count). The number of hydrogen-bond donors (Lipinski definition) is 1. The van der Waals surface area contributed by atoms with Gasteiger partial charge in [0.25, 0.3) is 0 Å². The van der Waals surface area contributed by atoms with Crippen LogP contribution in [-0.4, -0.2) is 55.5 Å². The van der Waals surface area contributed by atoms with Crippen molar-refractivity contribution in [3.05, 3.63) is 24.0 Å². The second kappa shape index (κ2) is 8.07. The molecule has 1 N–H and O–H groups in total. The van der Waals surface area contributed by atoms with Crippen molar-refractivity contribution in [1.29, 1.82) is 0 Å². The zero-order valence-corrected chi connectivity index (χ0v) is 14.2. The van der Waals surface area contributed by atoms with Crippen molar-refractivity contribution in [3.8, 4) is 0 Å². The lowest BCUT2D eigenvalue weighted by Crippen LogP contribution is -2.39. The average molecular weight is 314 g/mol. The Kier molecular flexibility index (Phi) is 6.74. The minimum absolute atomic E-state index is 0.0936. The van der Waals surface area contributed by atoms with Crippen molar-refractivity contribution in [2.75, 3.05) is 31.6 Å². The molecule has 1 aromatic rings. The summed E-state index contributed by atoms with van der Waals surface area (Å²) in [6.45, 7) is 5.41. The highest BCUT2D eigenvalue weighted by Gasteiger charge is 2.10. The van der Waals surface area contributed by atoms with Crippen LogP contribution in [0.15, 0.2) is 23.3 Å². The maximum atomic E-state index is 11.5. The van der Waals surface area contributed by atoms with Crippen LogP contribution in [0.1, 0.15) is 19.5 Å². The molecular weight excluding hydrogens is 288 g/mol. The van der Waals surface area contributed by atoms with Crippen LogP contribution < -0.4 is 5.32 Å². The monoisotopic (exact) mass is 314 g/mol. The molecule has 6 nitrogen and oxygen atoms in total. The predicted octanol–water partition coefficient (Wildman–Crippen LogP) is 0.857. The molecule has 0 saturated heterocycles. The van der Waals surface area contributed by atoms with Gasteiger partial charge in [-0.05, 0) is 19.1 Å². The quantitative estimate of drug-likeness (QED) is 0.599.